The number of fused-ring (bicyclic) bond motifs is 1. The van der Waals surface area contributed by atoms with E-state index in [1.54, 1.807) is 5.56 Å². The Morgan fingerprint density at radius 3 is 2.76 bits per heavy atom. The summed E-state index contributed by atoms with van der Waals surface area (Å²) in [5.41, 5.74) is 3.05. The molecule has 0 aromatic heterocycles. The number of rotatable bonds is 4. The van der Waals surface area contributed by atoms with Crippen LogP contribution in [0.2, 0.25) is 0 Å². The second kappa shape index (κ2) is 6.91. The number of likely N-dealkylation sites (N-methyl/N-ethyl adjacent to an activating group) is 1. The van der Waals surface area contributed by atoms with Crippen molar-refractivity contribution in [1.82, 2.24) is 15.1 Å². The molecule has 3 heteroatoms. The van der Waals surface area contributed by atoms with E-state index in [2.05, 4.69) is 53.4 Å². The van der Waals surface area contributed by atoms with Gasteiger partial charge in [0.25, 0.3) is 0 Å². The Morgan fingerprint density at radius 1 is 1.24 bits per heavy atom. The van der Waals surface area contributed by atoms with Gasteiger partial charge in [-0.15, -0.1) is 0 Å². The summed E-state index contributed by atoms with van der Waals surface area (Å²) in [6.07, 6.45) is 2.65. The summed E-state index contributed by atoms with van der Waals surface area (Å²) in [6, 6.07) is 9.72. The van der Waals surface area contributed by atoms with Crippen molar-refractivity contribution in [3.63, 3.8) is 0 Å². The maximum absolute atomic E-state index is 3.58. The van der Waals surface area contributed by atoms with Gasteiger partial charge in [0, 0.05) is 31.6 Å². The van der Waals surface area contributed by atoms with E-state index in [0.717, 1.165) is 19.1 Å². The van der Waals surface area contributed by atoms with Crippen molar-refractivity contribution in [1.29, 1.82) is 0 Å². The van der Waals surface area contributed by atoms with Gasteiger partial charge in [0.15, 0.2) is 0 Å². The molecule has 1 aromatic rings. The quantitative estimate of drug-likeness (QED) is 0.916. The summed E-state index contributed by atoms with van der Waals surface area (Å²) >= 11 is 0. The maximum Gasteiger partial charge on any atom is 0.0208 e. The zero-order valence-corrected chi connectivity index (χ0v) is 13.5. The lowest BCUT2D eigenvalue weighted by molar-refractivity contribution is 0.125. The highest BCUT2D eigenvalue weighted by atomic mass is 15.2. The van der Waals surface area contributed by atoms with Crippen LogP contribution in [0, 0.1) is 0 Å². The van der Waals surface area contributed by atoms with Crippen molar-refractivity contribution in [2.75, 3.05) is 39.8 Å². The summed E-state index contributed by atoms with van der Waals surface area (Å²) in [4.78, 5) is 5.18. The number of likely N-dealkylation sites (tertiary alicyclic amines) is 1. The zero-order valence-electron chi connectivity index (χ0n) is 13.5. The van der Waals surface area contributed by atoms with E-state index in [0.29, 0.717) is 5.92 Å². The van der Waals surface area contributed by atoms with E-state index in [1.165, 1.54) is 44.6 Å². The van der Waals surface area contributed by atoms with Crippen LogP contribution in [0.5, 0.6) is 0 Å². The number of benzene rings is 1. The van der Waals surface area contributed by atoms with Crippen LogP contribution in [0.4, 0.5) is 0 Å². The fourth-order valence-corrected chi connectivity index (χ4v) is 3.92. The van der Waals surface area contributed by atoms with Gasteiger partial charge in [0.2, 0.25) is 0 Å². The summed E-state index contributed by atoms with van der Waals surface area (Å²) < 4.78 is 0. The molecule has 0 spiro atoms. The van der Waals surface area contributed by atoms with Crippen molar-refractivity contribution >= 4 is 0 Å². The predicted octanol–water partition coefficient (Wildman–Crippen LogP) is 2.29. The molecule has 21 heavy (non-hydrogen) atoms. The van der Waals surface area contributed by atoms with Crippen molar-refractivity contribution in [2.24, 2.45) is 0 Å². The molecule has 3 rings (SSSR count). The van der Waals surface area contributed by atoms with Gasteiger partial charge in [-0.25, -0.2) is 0 Å². The number of hydrogen-bond acceptors (Lipinski definition) is 3. The normalized spacial score (nSPS) is 24.2. The first-order valence-electron chi connectivity index (χ1n) is 8.49. The van der Waals surface area contributed by atoms with Gasteiger partial charge in [-0.1, -0.05) is 31.2 Å². The lowest BCUT2D eigenvalue weighted by Gasteiger charge is -2.38. The van der Waals surface area contributed by atoms with Gasteiger partial charge < -0.3 is 15.1 Å². The number of hydrogen-bond donors (Lipinski definition) is 1. The Labute approximate surface area is 129 Å². The minimum Gasteiger partial charge on any atom is -0.312 e. The smallest absolute Gasteiger partial charge is 0.0208 e. The average molecular weight is 287 g/mol. The summed E-state index contributed by atoms with van der Waals surface area (Å²) in [6.45, 7) is 9.35. The van der Waals surface area contributed by atoms with E-state index in [1.807, 2.05) is 0 Å². The van der Waals surface area contributed by atoms with Crippen LogP contribution in [0.3, 0.4) is 0 Å². The third-order valence-corrected chi connectivity index (χ3v) is 5.34. The molecule has 1 atom stereocenters. The van der Waals surface area contributed by atoms with Gasteiger partial charge in [-0.3, -0.25) is 0 Å². The minimum absolute atomic E-state index is 0.643. The van der Waals surface area contributed by atoms with Crippen LogP contribution in [0.25, 0.3) is 0 Å². The molecule has 1 unspecified atom stereocenters. The molecule has 2 heterocycles. The van der Waals surface area contributed by atoms with Crippen LogP contribution in [-0.4, -0.2) is 55.6 Å². The van der Waals surface area contributed by atoms with E-state index in [-0.39, 0.29) is 0 Å². The molecule has 2 aliphatic heterocycles. The largest absolute Gasteiger partial charge is 0.312 e. The molecule has 0 amide bonds. The molecule has 0 bridgehead atoms. The highest BCUT2D eigenvalue weighted by molar-refractivity contribution is 5.32. The first-order valence-corrected chi connectivity index (χ1v) is 8.49. The van der Waals surface area contributed by atoms with Gasteiger partial charge in [0.05, 0.1) is 0 Å². The van der Waals surface area contributed by atoms with E-state index >= 15 is 0 Å². The molecular weight excluding hydrogens is 258 g/mol. The standard InChI is InChI=1S/C18H29N3/c1-3-21-10-8-17(9-11-21)20(2)14-16-13-19-12-15-6-4-5-7-18(15)16/h4-7,16-17,19H,3,8-14H2,1-2H3. The van der Waals surface area contributed by atoms with E-state index in [4.69, 9.17) is 0 Å². The SMILES string of the molecule is CCN1CCC(N(C)CC2CNCc3ccccc32)CC1. The second-order valence-electron chi connectivity index (χ2n) is 6.63. The lowest BCUT2D eigenvalue weighted by Crippen LogP contribution is -2.45. The molecule has 1 N–H and O–H groups in total. The van der Waals surface area contributed by atoms with E-state index in [9.17, 15) is 0 Å². The Morgan fingerprint density at radius 2 is 2.00 bits per heavy atom. The van der Waals surface area contributed by atoms with Crippen LogP contribution >= 0.6 is 0 Å². The van der Waals surface area contributed by atoms with Crippen LogP contribution < -0.4 is 5.32 Å². The van der Waals surface area contributed by atoms with Gasteiger partial charge in [0.1, 0.15) is 0 Å². The molecule has 0 saturated carbocycles. The van der Waals surface area contributed by atoms with Gasteiger partial charge >= 0.3 is 0 Å². The van der Waals surface area contributed by atoms with Gasteiger partial charge in [-0.05, 0) is 50.7 Å². The molecule has 1 fully saturated rings. The number of piperidine rings is 1. The van der Waals surface area contributed by atoms with Crippen molar-refractivity contribution in [3.8, 4) is 0 Å². The Balaban J connectivity index is 1.60. The summed E-state index contributed by atoms with van der Waals surface area (Å²) in [5.74, 6) is 0.643. The molecule has 0 aliphatic carbocycles. The molecule has 3 nitrogen and oxygen atoms in total. The molecular formula is C18H29N3. The van der Waals surface area contributed by atoms with Crippen molar-refractivity contribution in [2.45, 2.75) is 38.3 Å². The lowest BCUT2D eigenvalue weighted by atomic mass is 9.90. The fourth-order valence-electron chi connectivity index (χ4n) is 3.92. The topological polar surface area (TPSA) is 18.5 Å². The third-order valence-electron chi connectivity index (χ3n) is 5.34. The van der Waals surface area contributed by atoms with Crippen LogP contribution in [-0.2, 0) is 6.54 Å². The first kappa shape index (κ1) is 15.0. The third kappa shape index (κ3) is 3.47. The highest BCUT2D eigenvalue weighted by Crippen LogP contribution is 2.26. The summed E-state index contributed by atoms with van der Waals surface area (Å²) in [7, 11) is 2.32. The molecule has 116 valence electrons. The minimum atomic E-state index is 0.643. The summed E-state index contributed by atoms with van der Waals surface area (Å²) in [5, 5.41) is 3.58. The maximum atomic E-state index is 3.58. The number of nitrogens with one attached hydrogen (secondary N) is 1. The molecule has 1 saturated heterocycles. The van der Waals surface area contributed by atoms with Crippen LogP contribution in [0.15, 0.2) is 24.3 Å². The monoisotopic (exact) mass is 287 g/mol. The van der Waals surface area contributed by atoms with Crippen molar-refractivity contribution < 1.29 is 0 Å². The number of nitrogens with zero attached hydrogens (tertiary/aromatic N) is 2. The highest BCUT2D eigenvalue weighted by Gasteiger charge is 2.26. The Kier molecular flexibility index (Phi) is 4.94. The first-order chi connectivity index (χ1) is 10.3. The molecule has 1 aromatic carbocycles. The van der Waals surface area contributed by atoms with Crippen molar-refractivity contribution in [3.05, 3.63) is 35.4 Å². The average Bonchev–Trinajstić information content (AvgIpc) is 2.55. The van der Waals surface area contributed by atoms with Gasteiger partial charge in [-0.2, -0.15) is 0 Å². The zero-order chi connectivity index (χ0) is 14.7. The van der Waals surface area contributed by atoms with E-state index < -0.39 is 0 Å². The Hall–Kier alpha value is -0.900. The van der Waals surface area contributed by atoms with Crippen LogP contribution in [0.1, 0.15) is 36.8 Å². The Bertz CT molecular complexity index is 452. The molecule has 0 radical (unpaired) electrons. The predicted molar refractivity (Wildman–Crippen MR) is 88.7 cm³/mol. The second-order valence-corrected chi connectivity index (χ2v) is 6.63. The fraction of sp³-hybridized carbons (Fsp3) is 0.667. The molecule has 2 aliphatic rings.